The zero-order valence-corrected chi connectivity index (χ0v) is 11.7. The van der Waals surface area contributed by atoms with Crippen molar-refractivity contribution < 1.29 is 10.0 Å². The van der Waals surface area contributed by atoms with E-state index in [0.29, 0.717) is 6.54 Å². The molecule has 1 fully saturated rings. The molecule has 0 amide bonds. The van der Waals surface area contributed by atoms with E-state index in [4.69, 9.17) is 10.4 Å². The van der Waals surface area contributed by atoms with Gasteiger partial charge < -0.3 is 10.0 Å². The van der Waals surface area contributed by atoms with E-state index in [0.717, 1.165) is 38.3 Å². The van der Waals surface area contributed by atoms with E-state index in [1.54, 1.807) is 12.1 Å². The highest BCUT2D eigenvalue weighted by atomic mass is 16.6. The molecule has 1 aliphatic rings. The summed E-state index contributed by atoms with van der Waals surface area (Å²) in [7, 11) is 0. The summed E-state index contributed by atoms with van der Waals surface area (Å²) in [6, 6.07) is 6.56. The van der Waals surface area contributed by atoms with Crippen molar-refractivity contribution in [2.75, 3.05) is 44.2 Å². The number of anilines is 1. The topological polar surface area (TPSA) is 93.6 Å². The van der Waals surface area contributed by atoms with E-state index in [-0.39, 0.29) is 17.9 Å². The van der Waals surface area contributed by atoms with Crippen LogP contribution in [0.25, 0.3) is 0 Å². The molecule has 0 spiro atoms. The van der Waals surface area contributed by atoms with Gasteiger partial charge in [0, 0.05) is 37.9 Å². The second-order valence-electron chi connectivity index (χ2n) is 4.98. The van der Waals surface area contributed by atoms with E-state index in [1.807, 2.05) is 6.07 Å². The van der Waals surface area contributed by atoms with Gasteiger partial charge in [0.15, 0.2) is 0 Å². The van der Waals surface area contributed by atoms with Gasteiger partial charge in [-0.1, -0.05) is 0 Å². The van der Waals surface area contributed by atoms with Crippen LogP contribution in [0.5, 0.6) is 0 Å². The van der Waals surface area contributed by atoms with Crippen molar-refractivity contribution in [2.45, 2.75) is 6.42 Å². The first kappa shape index (κ1) is 15.2. The smallest absolute Gasteiger partial charge is 0.287 e. The Morgan fingerprint density at radius 1 is 1.33 bits per heavy atom. The van der Waals surface area contributed by atoms with E-state index in [9.17, 15) is 10.1 Å². The molecule has 21 heavy (non-hydrogen) atoms. The first-order valence-corrected chi connectivity index (χ1v) is 6.92. The molecule has 1 aromatic rings. The maximum atomic E-state index is 10.8. The normalized spacial score (nSPS) is 16.3. The van der Waals surface area contributed by atoms with Crippen molar-refractivity contribution in [3.63, 3.8) is 0 Å². The third kappa shape index (κ3) is 3.68. The number of hydrogen-bond acceptors (Lipinski definition) is 6. The minimum atomic E-state index is -0.534. The quantitative estimate of drug-likeness (QED) is 0.656. The lowest BCUT2D eigenvalue weighted by molar-refractivity contribution is -0.385. The van der Waals surface area contributed by atoms with Crippen LogP contribution >= 0.6 is 0 Å². The molecule has 7 nitrogen and oxygen atoms in total. The fourth-order valence-corrected chi connectivity index (χ4v) is 2.56. The van der Waals surface area contributed by atoms with Crippen LogP contribution in [-0.2, 0) is 0 Å². The van der Waals surface area contributed by atoms with Gasteiger partial charge in [-0.15, -0.1) is 0 Å². The Bertz CT molecular complexity index is 556. The number of rotatable bonds is 4. The number of nitrogens with zero attached hydrogens (tertiary/aromatic N) is 4. The van der Waals surface area contributed by atoms with Gasteiger partial charge in [-0.2, -0.15) is 5.26 Å². The van der Waals surface area contributed by atoms with E-state index >= 15 is 0 Å². The molecular weight excluding hydrogens is 272 g/mol. The van der Waals surface area contributed by atoms with Gasteiger partial charge >= 0.3 is 0 Å². The molecule has 1 aromatic carbocycles. The number of β-amino-alcohol motifs (C(OH)–C–C–N with tert-alkyl or cyclic N) is 1. The lowest BCUT2D eigenvalue weighted by Crippen LogP contribution is -2.32. The van der Waals surface area contributed by atoms with Crippen molar-refractivity contribution >= 4 is 11.4 Å². The summed E-state index contributed by atoms with van der Waals surface area (Å²) in [5, 5.41) is 28.9. The monoisotopic (exact) mass is 290 g/mol. The highest BCUT2D eigenvalue weighted by Gasteiger charge is 2.18. The van der Waals surface area contributed by atoms with Crippen LogP contribution in [0.4, 0.5) is 11.4 Å². The molecule has 0 saturated carbocycles. The molecule has 2 rings (SSSR count). The first-order chi connectivity index (χ1) is 10.2. The van der Waals surface area contributed by atoms with Crippen LogP contribution in [0.15, 0.2) is 18.2 Å². The highest BCUT2D eigenvalue weighted by Crippen LogP contribution is 2.25. The Morgan fingerprint density at radius 3 is 2.81 bits per heavy atom. The summed E-state index contributed by atoms with van der Waals surface area (Å²) in [6.07, 6.45) is 0.957. The molecule has 0 bridgehead atoms. The number of nitro groups is 1. The van der Waals surface area contributed by atoms with Gasteiger partial charge in [0.2, 0.25) is 0 Å². The highest BCUT2D eigenvalue weighted by molar-refractivity contribution is 5.60. The second-order valence-corrected chi connectivity index (χ2v) is 4.98. The van der Waals surface area contributed by atoms with Gasteiger partial charge in [-0.05, 0) is 25.1 Å². The lowest BCUT2D eigenvalue weighted by atomic mass is 10.1. The summed E-state index contributed by atoms with van der Waals surface area (Å²) in [6.45, 7) is 4.19. The van der Waals surface area contributed by atoms with Gasteiger partial charge in [-0.25, -0.2) is 0 Å². The van der Waals surface area contributed by atoms with Crippen LogP contribution in [0, 0.1) is 21.4 Å². The van der Waals surface area contributed by atoms with Crippen LogP contribution in [0.3, 0.4) is 0 Å². The Kier molecular flexibility index (Phi) is 5.09. The van der Waals surface area contributed by atoms with Gasteiger partial charge in [0.05, 0.1) is 11.5 Å². The number of aliphatic hydroxyl groups is 1. The third-order valence-electron chi connectivity index (χ3n) is 3.67. The van der Waals surface area contributed by atoms with Crippen molar-refractivity contribution in [3.05, 3.63) is 33.9 Å². The van der Waals surface area contributed by atoms with Gasteiger partial charge in [0.1, 0.15) is 11.6 Å². The molecule has 7 heteroatoms. The zero-order chi connectivity index (χ0) is 15.2. The standard InChI is InChI=1S/C14H18N4O3/c15-11-12-10-13(2-3-14(12)18(20)21)17-5-1-4-16(6-7-17)8-9-19/h2-3,10,19H,1,4-9H2. The maximum Gasteiger partial charge on any atom is 0.287 e. The molecule has 0 aliphatic carbocycles. The predicted octanol–water partition coefficient (Wildman–Crippen LogP) is 0.971. The maximum absolute atomic E-state index is 10.8. The minimum absolute atomic E-state index is 0.0916. The number of hydrogen-bond donors (Lipinski definition) is 1. The summed E-state index contributed by atoms with van der Waals surface area (Å²) >= 11 is 0. The van der Waals surface area contributed by atoms with Crippen LogP contribution in [0.1, 0.15) is 12.0 Å². The molecule has 1 N–H and O–H groups in total. The predicted molar refractivity (Wildman–Crippen MR) is 78.2 cm³/mol. The molecule has 0 unspecified atom stereocenters. The molecule has 1 heterocycles. The van der Waals surface area contributed by atoms with Crippen molar-refractivity contribution in [1.29, 1.82) is 5.26 Å². The first-order valence-electron chi connectivity index (χ1n) is 6.92. The minimum Gasteiger partial charge on any atom is -0.395 e. The summed E-state index contributed by atoms with van der Waals surface area (Å²) in [5.74, 6) is 0. The summed E-state index contributed by atoms with van der Waals surface area (Å²) in [5.41, 5.74) is 0.773. The number of aliphatic hydroxyl groups excluding tert-OH is 1. The molecule has 0 radical (unpaired) electrons. The van der Waals surface area contributed by atoms with Crippen molar-refractivity contribution in [1.82, 2.24) is 4.90 Å². The molecule has 1 aliphatic heterocycles. The largest absolute Gasteiger partial charge is 0.395 e. The van der Waals surface area contributed by atoms with E-state index in [1.165, 1.54) is 6.07 Å². The lowest BCUT2D eigenvalue weighted by Gasteiger charge is -2.23. The Hall–Kier alpha value is -2.17. The van der Waals surface area contributed by atoms with Gasteiger partial charge in [-0.3, -0.25) is 15.0 Å². The Morgan fingerprint density at radius 2 is 2.14 bits per heavy atom. The fraction of sp³-hybridized carbons (Fsp3) is 0.500. The molecule has 0 aromatic heterocycles. The Balaban J connectivity index is 2.15. The van der Waals surface area contributed by atoms with Crippen LogP contribution in [-0.4, -0.2) is 54.3 Å². The molecule has 0 atom stereocenters. The molecular formula is C14H18N4O3. The fourth-order valence-electron chi connectivity index (χ4n) is 2.56. The number of nitriles is 1. The average molecular weight is 290 g/mol. The Labute approximate surface area is 123 Å². The second kappa shape index (κ2) is 7.02. The van der Waals surface area contributed by atoms with Crippen LogP contribution < -0.4 is 4.90 Å². The third-order valence-corrected chi connectivity index (χ3v) is 3.67. The SMILES string of the molecule is N#Cc1cc(N2CCCN(CCO)CC2)ccc1[N+](=O)[O-]. The average Bonchev–Trinajstić information content (AvgIpc) is 2.72. The molecule has 112 valence electrons. The van der Waals surface area contributed by atoms with Gasteiger partial charge in [0.25, 0.3) is 5.69 Å². The number of nitro benzene ring substituents is 1. The van der Waals surface area contributed by atoms with Crippen LogP contribution in [0.2, 0.25) is 0 Å². The van der Waals surface area contributed by atoms with E-state index in [2.05, 4.69) is 9.80 Å². The zero-order valence-electron chi connectivity index (χ0n) is 11.7. The summed E-state index contributed by atoms with van der Waals surface area (Å²) < 4.78 is 0. The summed E-state index contributed by atoms with van der Waals surface area (Å²) in [4.78, 5) is 14.6. The molecule has 1 saturated heterocycles. The van der Waals surface area contributed by atoms with Crippen molar-refractivity contribution in [2.24, 2.45) is 0 Å². The number of benzene rings is 1. The van der Waals surface area contributed by atoms with Crippen molar-refractivity contribution in [3.8, 4) is 6.07 Å². The van der Waals surface area contributed by atoms with E-state index < -0.39 is 4.92 Å².